The van der Waals surface area contributed by atoms with E-state index in [9.17, 15) is 43.2 Å². The molecular formula is C56H63N9O14. The molecule has 0 saturated carbocycles. The lowest BCUT2D eigenvalue weighted by atomic mass is 10.0. The van der Waals surface area contributed by atoms with Crippen LogP contribution in [0.1, 0.15) is 33.1 Å². The number of rotatable bonds is 32. The SMILES string of the molecule is C=C=C1C=CC(=O)N1CCNC(=O)CCOCC(COCCC(=C)NCCN1C(=O)C=CC1=O)(COCCC(=O)NCCN1C(=O)C=CC1=O)NC(=O)COc1ccc2c(=O)cc3oc4cc(N(CC)CC)ccc4nc-3c2c1. The predicted octanol–water partition coefficient (Wildman–Crippen LogP) is 2.00. The number of anilines is 1. The van der Waals surface area contributed by atoms with Gasteiger partial charge in [0.1, 0.15) is 22.5 Å². The molecule has 4 heterocycles. The van der Waals surface area contributed by atoms with Crippen molar-refractivity contribution in [2.75, 3.05) is 104 Å². The number of hydrogen-bond donors (Lipinski definition) is 4. The van der Waals surface area contributed by atoms with Crippen LogP contribution in [-0.4, -0.2) is 171 Å². The highest BCUT2D eigenvalue weighted by atomic mass is 16.5. The highest BCUT2D eigenvalue weighted by molar-refractivity contribution is 6.13. The molecule has 1 unspecified atom stereocenters. The van der Waals surface area contributed by atoms with Crippen molar-refractivity contribution in [3.8, 4) is 17.2 Å². The maximum absolute atomic E-state index is 14.1. The Balaban J connectivity index is 1.04. The minimum Gasteiger partial charge on any atom is -0.484 e. The van der Waals surface area contributed by atoms with Crippen LogP contribution in [0.5, 0.6) is 5.75 Å². The first-order valence-corrected chi connectivity index (χ1v) is 25.8. The Morgan fingerprint density at radius 1 is 0.658 bits per heavy atom. The van der Waals surface area contributed by atoms with Crippen molar-refractivity contribution < 1.29 is 61.7 Å². The van der Waals surface area contributed by atoms with E-state index in [1.54, 1.807) is 24.3 Å². The molecule has 2 aromatic carbocycles. The fraction of sp³-hybridized carbons (Fsp3) is 0.375. The molecule has 23 heteroatoms. The van der Waals surface area contributed by atoms with Crippen molar-refractivity contribution in [3.63, 3.8) is 0 Å². The maximum atomic E-state index is 14.1. The summed E-state index contributed by atoms with van der Waals surface area (Å²) in [7, 11) is 0. The molecule has 8 amide bonds. The minimum absolute atomic E-state index is 0.00577. The summed E-state index contributed by atoms with van der Waals surface area (Å²) < 4.78 is 30.5. The normalized spacial score (nSPS) is 14.7. The third-order valence-electron chi connectivity index (χ3n) is 12.9. The largest absolute Gasteiger partial charge is 0.484 e. The molecular weight excluding hydrogens is 1020 g/mol. The molecule has 0 bridgehead atoms. The molecule has 79 heavy (non-hydrogen) atoms. The van der Waals surface area contributed by atoms with Crippen LogP contribution in [0.25, 0.3) is 33.3 Å². The summed E-state index contributed by atoms with van der Waals surface area (Å²) in [5.74, 6) is -3.01. The van der Waals surface area contributed by atoms with E-state index in [-0.39, 0.29) is 127 Å². The van der Waals surface area contributed by atoms with Gasteiger partial charge in [0.2, 0.25) is 11.8 Å². The highest BCUT2D eigenvalue weighted by Crippen LogP contribution is 2.33. The molecule has 0 fully saturated rings. The molecule has 0 aromatic heterocycles. The highest BCUT2D eigenvalue weighted by Gasteiger charge is 2.35. The first-order valence-electron chi connectivity index (χ1n) is 25.8. The number of aromatic nitrogens is 1. The van der Waals surface area contributed by atoms with E-state index in [0.717, 1.165) is 40.7 Å². The zero-order valence-corrected chi connectivity index (χ0v) is 44.1. The molecule has 2 aromatic rings. The molecule has 416 valence electrons. The van der Waals surface area contributed by atoms with Gasteiger partial charge in [-0.25, -0.2) is 4.98 Å². The average molecular weight is 1090 g/mol. The van der Waals surface area contributed by atoms with Crippen molar-refractivity contribution in [2.24, 2.45) is 0 Å². The second-order valence-electron chi connectivity index (χ2n) is 18.4. The van der Waals surface area contributed by atoms with Crippen LogP contribution in [0.3, 0.4) is 0 Å². The van der Waals surface area contributed by atoms with Gasteiger partial charge in [-0.2, -0.15) is 0 Å². The average Bonchev–Trinajstić information content (AvgIpc) is 4.26. The second-order valence-corrected chi connectivity index (χ2v) is 18.4. The summed E-state index contributed by atoms with van der Waals surface area (Å²) in [6.07, 6.45) is 7.67. The van der Waals surface area contributed by atoms with Gasteiger partial charge in [0.25, 0.3) is 35.4 Å². The van der Waals surface area contributed by atoms with Crippen LogP contribution < -0.4 is 36.3 Å². The molecule has 1 atom stereocenters. The fourth-order valence-corrected chi connectivity index (χ4v) is 8.72. The lowest BCUT2D eigenvalue weighted by molar-refractivity contribution is -0.138. The van der Waals surface area contributed by atoms with Gasteiger partial charge in [0, 0.05) is 136 Å². The zero-order valence-electron chi connectivity index (χ0n) is 44.1. The number of ether oxygens (including phenoxy) is 4. The van der Waals surface area contributed by atoms with Crippen LogP contribution >= 0.6 is 0 Å². The molecule has 4 N–H and O–H groups in total. The number of fused-ring (bicyclic) bond motifs is 4. The van der Waals surface area contributed by atoms with Crippen molar-refractivity contribution in [3.05, 3.63) is 119 Å². The molecule has 23 nitrogen and oxygen atoms in total. The number of carbonyl (C=O) groups excluding carboxylic acids is 8. The minimum atomic E-state index is -1.49. The molecule has 5 aliphatic rings. The van der Waals surface area contributed by atoms with Crippen LogP contribution in [0.4, 0.5) is 5.69 Å². The van der Waals surface area contributed by atoms with Crippen molar-refractivity contribution in [1.29, 1.82) is 0 Å². The second kappa shape index (κ2) is 27.5. The number of imide groups is 2. The molecule has 0 saturated heterocycles. The standard InChI is InChI=1S/C56H63N9O14/c1-5-38-9-13-50(70)63(38)24-22-58-47(67)19-28-76-35-56(34-75-27-18-37(4)57-21-25-64-51(71)14-15-52(64)72,36-77-29-20-48(68)59-23-26-65-53(73)16-17-54(65)74)61-49(69)33-78-40-10-11-41-42(31-40)55-46(32-44(41)66)79-45-30-39(62(6-2)7-3)8-12-43(45)60-55/h8-17,30-32,57H,1,4,6-7,18-29,33-36H2,2-3H3,(H,58,67)(H,59,68)(H,61,69). The zero-order chi connectivity index (χ0) is 56.5. The van der Waals surface area contributed by atoms with Gasteiger partial charge in [0.05, 0.1) is 45.3 Å². The first-order chi connectivity index (χ1) is 38.1. The Kier molecular flexibility index (Phi) is 20.2. The number of hydrogen-bond acceptors (Lipinski definition) is 17. The Morgan fingerprint density at radius 2 is 1.20 bits per heavy atom. The Morgan fingerprint density at radius 3 is 1.78 bits per heavy atom. The summed E-state index contributed by atoms with van der Waals surface area (Å²) in [5, 5.41) is 12.2. The van der Waals surface area contributed by atoms with E-state index >= 15 is 0 Å². The van der Waals surface area contributed by atoms with Gasteiger partial charge in [-0.05, 0) is 50.3 Å². The molecule has 7 rings (SSSR count). The van der Waals surface area contributed by atoms with Gasteiger partial charge >= 0.3 is 0 Å². The van der Waals surface area contributed by atoms with Gasteiger partial charge in [-0.1, -0.05) is 13.2 Å². The Bertz CT molecular complexity index is 3070. The van der Waals surface area contributed by atoms with E-state index in [4.69, 9.17) is 28.3 Å². The number of nitrogens with one attached hydrogen (secondary N) is 4. The number of amides is 8. The van der Waals surface area contributed by atoms with Crippen LogP contribution in [-0.2, 0) is 52.6 Å². The van der Waals surface area contributed by atoms with Crippen LogP contribution in [0.2, 0.25) is 0 Å². The Hall–Kier alpha value is -8.76. The van der Waals surface area contributed by atoms with Gasteiger partial charge in [-0.3, -0.25) is 53.0 Å². The number of carbonyl (C=O) groups is 8. The van der Waals surface area contributed by atoms with Gasteiger partial charge < -0.3 is 54.4 Å². The summed E-state index contributed by atoms with van der Waals surface area (Å²) in [4.78, 5) is 124. The van der Waals surface area contributed by atoms with Crippen molar-refractivity contribution in [1.82, 2.24) is 41.0 Å². The monoisotopic (exact) mass is 1090 g/mol. The number of allylic oxidation sites excluding steroid dienone is 1. The molecule has 1 aliphatic carbocycles. The van der Waals surface area contributed by atoms with Crippen molar-refractivity contribution >= 4 is 74.8 Å². The van der Waals surface area contributed by atoms with Crippen LogP contribution in [0, 0.1) is 0 Å². The Labute approximate surface area is 454 Å². The lowest BCUT2D eigenvalue weighted by Crippen LogP contribution is -2.59. The van der Waals surface area contributed by atoms with Crippen LogP contribution in [0.15, 0.2) is 118 Å². The summed E-state index contributed by atoms with van der Waals surface area (Å²) in [6.45, 7) is 12.4. The van der Waals surface area contributed by atoms with E-state index in [0.29, 0.717) is 39.0 Å². The molecule has 4 aliphatic heterocycles. The van der Waals surface area contributed by atoms with Gasteiger partial charge in [0.15, 0.2) is 23.4 Å². The summed E-state index contributed by atoms with van der Waals surface area (Å²) >= 11 is 0. The maximum Gasteiger partial charge on any atom is 0.258 e. The summed E-state index contributed by atoms with van der Waals surface area (Å²) in [6, 6.07) is 11.8. The quantitative estimate of drug-likeness (QED) is 0.0179. The van der Waals surface area contributed by atoms with Crippen molar-refractivity contribution in [2.45, 2.75) is 38.6 Å². The smallest absolute Gasteiger partial charge is 0.258 e. The topological polar surface area (TPSA) is 278 Å². The number of benzene rings is 3. The summed E-state index contributed by atoms with van der Waals surface area (Å²) in [5.41, 5.74) is 4.36. The van der Waals surface area contributed by atoms with E-state index < -0.39 is 47.6 Å². The molecule has 0 radical (unpaired) electrons. The van der Waals surface area contributed by atoms with E-state index in [1.807, 2.05) is 18.2 Å². The first kappa shape index (κ1) is 57.9. The third kappa shape index (κ3) is 15.5. The fourth-order valence-electron chi connectivity index (χ4n) is 8.72. The van der Waals surface area contributed by atoms with Gasteiger partial charge in [-0.15, -0.1) is 5.73 Å². The third-order valence-corrected chi connectivity index (χ3v) is 12.9. The van der Waals surface area contributed by atoms with E-state index in [1.165, 1.54) is 29.2 Å². The predicted molar refractivity (Wildman–Crippen MR) is 289 cm³/mol. The lowest BCUT2D eigenvalue weighted by Gasteiger charge is -2.34. The number of nitrogens with zero attached hydrogens (tertiary/aromatic N) is 5. The van der Waals surface area contributed by atoms with E-state index in [2.05, 4.69) is 58.9 Å². The molecule has 0 spiro atoms.